The molecule has 1 aromatic rings. The summed E-state index contributed by atoms with van der Waals surface area (Å²) >= 11 is 0. The Bertz CT molecular complexity index is 388. The predicted octanol–water partition coefficient (Wildman–Crippen LogP) is 2.98. The molecule has 94 valence electrons. The van der Waals surface area contributed by atoms with Crippen LogP contribution in [0.2, 0.25) is 0 Å². The monoisotopic (exact) mass is 238 g/mol. The molecule has 0 aliphatic heterocycles. The van der Waals surface area contributed by atoms with Crippen LogP contribution in [-0.4, -0.2) is 17.8 Å². The van der Waals surface area contributed by atoms with Gasteiger partial charge in [-0.15, -0.1) is 0 Å². The van der Waals surface area contributed by atoms with Crippen molar-refractivity contribution >= 4 is 0 Å². The largest absolute Gasteiger partial charge is 0.386 e. The lowest BCUT2D eigenvalue weighted by molar-refractivity contribution is -0.0462. The van der Waals surface area contributed by atoms with Crippen LogP contribution in [0.1, 0.15) is 37.0 Å². The molecule has 2 atom stereocenters. The van der Waals surface area contributed by atoms with Crippen LogP contribution in [0, 0.1) is 18.7 Å². The van der Waals surface area contributed by atoms with Gasteiger partial charge in [0.25, 0.3) is 0 Å². The van der Waals surface area contributed by atoms with Crippen molar-refractivity contribution in [2.24, 2.45) is 5.92 Å². The number of rotatable bonds is 5. The zero-order valence-electron chi connectivity index (χ0n) is 10.3. The van der Waals surface area contributed by atoms with Crippen molar-refractivity contribution in [1.29, 1.82) is 0 Å². The number of aliphatic hydroxyl groups is 1. The summed E-state index contributed by atoms with van der Waals surface area (Å²) in [7, 11) is 0. The van der Waals surface area contributed by atoms with Gasteiger partial charge in [0.2, 0.25) is 0 Å². The Morgan fingerprint density at radius 2 is 2.18 bits per heavy atom. The van der Waals surface area contributed by atoms with Crippen molar-refractivity contribution < 1.29 is 14.2 Å². The molecule has 0 aromatic heterocycles. The lowest BCUT2D eigenvalue weighted by Gasteiger charge is -2.23. The van der Waals surface area contributed by atoms with Gasteiger partial charge in [0.1, 0.15) is 11.9 Å². The zero-order valence-corrected chi connectivity index (χ0v) is 10.3. The summed E-state index contributed by atoms with van der Waals surface area (Å²) in [6.45, 7) is 4.23. The smallest absolute Gasteiger partial charge is 0.126 e. The van der Waals surface area contributed by atoms with Crippen molar-refractivity contribution in [3.8, 4) is 0 Å². The molecule has 0 spiro atoms. The van der Waals surface area contributed by atoms with E-state index in [-0.39, 0.29) is 11.9 Å². The molecule has 1 aliphatic carbocycles. The first-order valence-corrected chi connectivity index (χ1v) is 6.19. The van der Waals surface area contributed by atoms with Crippen molar-refractivity contribution in [2.45, 2.75) is 38.9 Å². The Hall–Kier alpha value is -0.930. The third-order valence-electron chi connectivity index (χ3n) is 3.28. The number of hydrogen-bond acceptors (Lipinski definition) is 2. The summed E-state index contributed by atoms with van der Waals surface area (Å²) in [5.41, 5.74) is 1.31. The van der Waals surface area contributed by atoms with E-state index in [1.807, 2.05) is 6.92 Å². The molecule has 1 fully saturated rings. The van der Waals surface area contributed by atoms with Gasteiger partial charge in [-0.3, -0.25) is 0 Å². The van der Waals surface area contributed by atoms with Gasteiger partial charge in [-0.2, -0.15) is 0 Å². The molecule has 0 radical (unpaired) electrons. The normalized spacial score (nSPS) is 19.1. The van der Waals surface area contributed by atoms with Crippen LogP contribution in [0.4, 0.5) is 4.39 Å². The van der Waals surface area contributed by atoms with E-state index in [4.69, 9.17) is 4.74 Å². The Morgan fingerprint density at radius 1 is 1.47 bits per heavy atom. The molecule has 17 heavy (non-hydrogen) atoms. The summed E-state index contributed by atoms with van der Waals surface area (Å²) in [5.74, 6) is 0.218. The molecule has 3 heteroatoms. The summed E-state index contributed by atoms with van der Waals surface area (Å²) in [5, 5.41) is 10.3. The molecule has 0 amide bonds. The molecule has 1 aromatic carbocycles. The molecule has 0 saturated heterocycles. The van der Waals surface area contributed by atoms with E-state index in [0.29, 0.717) is 18.1 Å². The maximum atomic E-state index is 13.2. The van der Waals surface area contributed by atoms with Gasteiger partial charge < -0.3 is 9.84 Å². The SMILES string of the molecule is CCOC(C1CC1)C(O)c1ccc(F)c(C)c1. The van der Waals surface area contributed by atoms with Crippen LogP contribution in [0.3, 0.4) is 0 Å². The quantitative estimate of drug-likeness (QED) is 0.854. The molecular formula is C14H19FO2. The molecular weight excluding hydrogens is 219 g/mol. The fraction of sp³-hybridized carbons (Fsp3) is 0.571. The van der Waals surface area contributed by atoms with E-state index in [9.17, 15) is 9.50 Å². The highest BCUT2D eigenvalue weighted by Gasteiger charge is 2.37. The predicted molar refractivity (Wildman–Crippen MR) is 64.2 cm³/mol. The minimum Gasteiger partial charge on any atom is -0.386 e. The van der Waals surface area contributed by atoms with E-state index in [1.54, 1.807) is 19.1 Å². The average molecular weight is 238 g/mol. The number of benzene rings is 1. The number of aliphatic hydroxyl groups excluding tert-OH is 1. The first kappa shape index (κ1) is 12.5. The van der Waals surface area contributed by atoms with Gasteiger partial charge >= 0.3 is 0 Å². The van der Waals surface area contributed by atoms with Gasteiger partial charge in [0, 0.05) is 6.61 Å². The number of aryl methyl sites for hydroxylation is 1. The third kappa shape index (κ3) is 2.85. The molecule has 1 aliphatic rings. The third-order valence-corrected chi connectivity index (χ3v) is 3.28. The maximum absolute atomic E-state index is 13.2. The maximum Gasteiger partial charge on any atom is 0.126 e. The van der Waals surface area contributed by atoms with Crippen LogP contribution in [0.15, 0.2) is 18.2 Å². The second kappa shape index (κ2) is 5.15. The summed E-state index contributed by atoms with van der Waals surface area (Å²) in [6, 6.07) is 4.75. The van der Waals surface area contributed by atoms with Crippen molar-refractivity contribution in [3.05, 3.63) is 35.1 Å². The Labute approximate surface area is 101 Å². The number of ether oxygens (including phenoxy) is 1. The van der Waals surface area contributed by atoms with E-state index in [1.165, 1.54) is 6.07 Å². The van der Waals surface area contributed by atoms with Crippen molar-refractivity contribution in [3.63, 3.8) is 0 Å². The highest BCUT2D eigenvalue weighted by molar-refractivity contribution is 5.26. The Morgan fingerprint density at radius 3 is 2.71 bits per heavy atom. The Balaban J connectivity index is 2.15. The molecule has 2 nitrogen and oxygen atoms in total. The van der Waals surface area contributed by atoms with Crippen molar-refractivity contribution in [2.75, 3.05) is 6.61 Å². The summed E-state index contributed by atoms with van der Waals surface area (Å²) in [4.78, 5) is 0. The molecule has 1 saturated carbocycles. The standard InChI is InChI=1S/C14H19FO2/c1-3-17-14(10-4-5-10)13(16)11-6-7-12(15)9(2)8-11/h6-8,10,13-14,16H,3-5H2,1-2H3. The lowest BCUT2D eigenvalue weighted by atomic mass is 9.99. The fourth-order valence-electron chi connectivity index (χ4n) is 2.14. The van der Waals surface area contributed by atoms with E-state index < -0.39 is 6.10 Å². The molecule has 2 rings (SSSR count). The van der Waals surface area contributed by atoms with Gasteiger partial charge in [0.15, 0.2) is 0 Å². The zero-order chi connectivity index (χ0) is 12.4. The molecule has 2 unspecified atom stereocenters. The molecule has 1 N–H and O–H groups in total. The topological polar surface area (TPSA) is 29.5 Å². The second-order valence-electron chi connectivity index (χ2n) is 4.71. The van der Waals surface area contributed by atoms with Crippen LogP contribution in [-0.2, 0) is 4.74 Å². The van der Waals surface area contributed by atoms with Crippen LogP contribution < -0.4 is 0 Å². The molecule has 0 bridgehead atoms. The average Bonchev–Trinajstić information content (AvgIpc) is 3.13. The van der Waals surface area contributed by atoms with Crippen LogP contribution in [0.25, 0.3) is 0 Å². The summed E-state index contributed by atoms with van der Waals surface area (Å²) < 4.78 is 18.8. The van der Waals surface area contributed by atoms with E-state index in [2.05, 4.69) is 0 Å². The Kier molecular flexibility index (Phi) is 3.79. The fourth-order valence-corrected chi connectivity index (χ4v) is 2.14. The van der Waals surface area contributed by atoms with Gasteiger partial charge in [-0.05, 0) is 49.8 Å². The highest BCUT2D eigenvalue weighted by Crippen LogP contribution is 2.40. The first-order valence-electron chi connectivity index (χ1n) is 6.19. The lowest BCUT2D eigenvalue weighted by Crippen LogP contribution is -2.24. The first-order chi connectivity index (χ1) is 8.13. The number of hydrogen-bond donors (Lipinski definition) is 1. The minimum atomic E-state index is -0.651. The highest BCUT2D eigenvalue weighted by atomic mass is 19.1. The van der Waals surface area contributed by atoms with E-state index >= 15 is 0 Å². The van der Waals surface area contributed by atoms with Gasteiger partial charge in [-0.25, -0.2) is 4.39 Å². The molecule has 0 heterocycles. The van der Waals surface area contributed by atoms with Gasteiger partial charge in [-0.1, -0.05) is 12.1 Å². The van der Waals surface area contributed by atoms with E-state index in [0.717, 1.165) is 18.4 Å². The number of halogens is 1. The minimum absolute atomic E-state index is 0.148. The second-order valence-corrected chi connectivity index (χ2v) is 4.71. The van der Waals surface area contributed by atoms with Crippen LogP contribution in [0.5, 0.6) is 0 Å². The van der Waals surface area contributed by atoms with Crippen LogP contribution >= 0.6 is 0 Å². The van der Waals surface area contributed by atoms with Gasteiger partial charge in [0.05, 0.1) is 6.10 Å². The summed E-state index contributed by atoms with van der Waals surface area (Å²) in [6.07, 6.45) is 1.43. The van der Waals surface area contributed by atoms with Crippen molar-refractivity contribution in [1.82, 2.24) is 0 Å².